The van der Waals surface area contributed by atoms with Gasteiger partial charge in [-0.15, -0.1) is 0 Å². The summed E-state index contributed by atoms with van der Waals surface area (Å²) in [6.45, 7) is 5.86. The normalized spacial score (nSPS) is 12.7. The Morgan fingerprint density at radius 2 is 1.67 bits per heavy atom. The molecule has 2 nitrogen and oxygen atoms in total. The fourth-order valence-corrected chi connectivity index (χ4v) is 3.89. The van der Waals surface area contributed by atoms with Crippen molar-refractivity contribution in [2.45, 2.75) is 39.4 Å². The van der Waals surface area contributed by atoms with Crippen LogP contribution in [0.3, 0.4) is 0 Å². The van der Waals surface area contributed by atoms with E-state index in [1.165, 1.54) is 18.2 Å². The van der Waals surface area contributed by atoms with Crippen molar-refractivity contribution in [3.63, 3.8) is 0 Å². The summed E-state index contributed by atoms with van der Waals surface area (Å²) < 4.78 is 41.2. The van der Waals surface area contributed by atoms with Crippen molar-refractivity contribution in [1.82, 2.24) is 5.32 Å². The topological polar surface area (TPSA) is 29.1 Å². The van der Waals surface area contributed by atoms with Crippen LogP contribution in [0.25, 0.3) is 6.08 Å². The van der Waals surface area contributed by atoms with E-state index < -0.39 is 12.1 Å². The predicted octanol–water partition coefficient (Wildman–Crippen LogP) is 7.55. The summed E-state index contributed by atoms with van der Waals surface area (Å²) in [6, 6.07) is 17.3. The van der Waals surface area contributed by atoms with Crippen LogP contribution in [0.15, 0.2) is 66.7 Å². The number of carbonyl (C=O) groups is 1. The van der Waals surface area contributed by atoms with Crippen LogP contribution in [0.1, 0.15) is 49.7 Å². The van der Waals surface area contributed by atoms with Crippen LogP contribution in [0.4, 0.5) is 13.2 Å². The molecule has 0 aliphatic heterocycles. The van der Waals surface area contributed by atoms with E-state index in [2.05, 4.69) is 5.32 Å². The van der Waals surface area contributed by atoms with Gasteiger partial charge in [0.1, 0.15) is 0 Å². The van der Waals surface area contributed by atoms with Gasteiger partial charge in [0, 0.05) is 17.1 Å². The largest absolute Gasteiger partial charge is 0.399 e. The molecule has 0 aliphatic rings. The summed E-state index contributed by atoms with van der Waals surface area (Å²) in [5.41, 5.74) is 4.63. The molecule has 0 saturated carbocycles. The SMILES string of the molecule is Cc1ccc(CNC(=O)c2ccc(/C=C/C(c3cc(C)cc(Cl)c3)C(F)(F)F)cc2C)cc1. The van der Waals surface area contributed by atoms with Gasteiger partial charge in [-0.2, -0.15) is 13.2 Å². The molecule has 0 heterocycles. The number of halogens is 4. The number of alkyl halides is 3. The van der Waals surface area contributed by atoms with Gasteiger partial charge >= 0.3 is 6.18 Å². The Hall–Kier alpha value is -3.05. The van der Waals surface area contributed by atoms with Gasteiger partial charge in [-0.05, 0) is 66.8 Å². The highest BCUT2D eigenvalue weighted by molar-refractivity contribution is 6.30. The monoisotopic (exact) mass is 471 g/mol. The number of nitrogens with one attached hydrogen (secondary N) is 1. The lowest BCUT2D eigenvalue weighted by Gasteiger charge is -2.18. The van der Waals surface area contributed by atoms with Crippen molar-refractivity contribution < 1.29 is 18.0 Å². The summed E-state index contributed by atoms with van der Waals surface area (Å²) in [5, 5.41) is 3.15. The molecular weight excluding hydrogens is 447 g/mol. The quantitative estimate of drug-likeness (QED) is 0.395. The van der Waals surface area contributed by atoms with E-state index in [0.717, 1.165) is 17.2 Å². The van der Waals surface area contributed by atoms with Crippen LogP contribution in [0, 0.1) is 20.8 Å². The van der Waals surface area contributed by atoms with Gasteiger partial charge in [-0.1, -0.05) is 71.8 Å². The number of benzene rings is 3. The molecule has 0 fully saturated rings. The smallest absolute Gasteiger partial charge is 0.348 e. The Balaban J connectivity index is 1.76. The van der Waals surface area contributed by atoms with E-state index in [9.17, 15) is 18.0 Å². The highest BCUT2D eigenvalue weighted by atomic mass is 35.5. The number of rotatable bonds is 6. The number of hydrogen-bond acceptors (Lipinski definition) is 1. The average molecular weight is 472 g/mol. The third kappa shape index (κ3) is 6.72. The second-order valence-corrected chi connectivity index (χ2v) is 8.62. The lowest BCUT2D eigenvalue weighted by Crippen LogP contribution is -2.23. The molecule has 6 heteroatoms. The molecule has 0 aromatic heterocycles. The first-order valence-corrected chi connectivity index (χ1v) is 10.9. The zero-order chi connectivity index (χ0) is 24.2. The van der Waals surface area contributed by atoms with Crippen LogP contribution in [-0.2, 0) is 6.54 Å². The van der Waals surface area contributed by atoms with Gasteiger partial charge in [-0.3, -0.25) is 4.79 Å². The lowest BCUT2D eigenvalue weighted by atomic mass is 9.95. The van der Waals surface area contributed by atoms with Crippen LogP contribution >= 0.6 is 11.6 Å². The maximum Gasteiger partial charge on any atom is 0.399 e. The van der Waals surface area contributed by atoms with E-state index in [1.54, 1.807) is 38.1 Å². The minimum Gasteiger partial charge on any atom is -0.348 e. The predicted molar refractivity (Wildman–Crippen MR) is 128 cm³/mol. The van der Waals surface area contributed by atoms with Crippen LogP contribution in [0.5, 0.6) is 0 Å². The van der Waals surface area contributed by atoms with Crippen LogP contribution in [-0.4, -0.2) is 12.1 Å². The first kappa shape index (κ1) is 24.6. The van der Waals surface area contributed by atoms with Gasteiger partial charge < -0.3 is 5.32 Å². The van der Waals surface area contributed by atoms with Crippen molar-refractivity contribution in [2.24, 2.45) is 0 Å². The zero-order valence-electron chi connectivity index (χ0n) is 18.6. The molecule has 0 saturated heterocycles. The Kier molecular flexibility index (Phi) is 7.65. The van der Waals surface area contributed by atoms with Gasteiger partial charge in [0.25, 0.3) is 5.91 Å². The maximum atomic E-state index is 13.7. The molecule has 3 aromatic rings. The average Bonchev–Trinajstić information content (AvgIpc) is 2.71. The number of hydrogen-bond donors (Lipinski definition) is 1. The van der Waals surface area contributed by atoms with Gasteiger partial charge in [0.2, 0.25) is 0 Å². The van der Waals surface area contributed by atoms with Crippen molar-refractivity contribution in [3.05, 3.63) is 111 Å². The fourth-order valence-electron chi connectivity index (χ4n) is 3.59. The van der Waals surface area contributed by atoms with Gasteiger partial charge in [-0.25, -0.2) is 0 Å². The van der Waals surface area contributed by atoms with Crippen molar-refractivity contribution in [3.8, 4) is 0 Å². The van der Waals surface area contributed by atoms with Crippen molar-refractivity contribution in [1.29, 1.82) is 0 Å². The molecule has 1 unspecified atom stereocenters. The first-order valence-electron chi connectivity index (χ1n) is 10.5. The number of aryl methyl sites for hydroxylation is 3. The van der Waals surface area contributed by atoms with Crippen molar-refractivity contribution in [2.75, 3.05) is 0 Å². The third-order valence-electron chi connectivity index (χ3n) is 5.33. The molecule has 3 rings (SSSR count). The Labute approximate surface area is 197 Å². The van der Waals surface area contributed by atoms with E-state index in [1.807, 2.05) is 31.2 Å². The first-order chi connectivity index (χ1) is 15.5. The second-order valence-electron chi connectivity index (χ2n) is 8.18. The molecule has 33 heavy (non-hydrogen) atoms. The molecule has 1 amide bonds. The van der Waals surface area contributed by atoms with E-state index in [0.29, 0.717) is 28.8 Å². The Bertz CT molecular complexity index is 1150. The number of allylic oxidation sites excluding steroid dienone is 1. The summed E-state index contributed by atoms with van der Waals surface area (Å²) in [7, 11) is 0. The highest BCUT2D eigenvalue weighted by Gasteiger charge is 2.39. The van der Waals surface area contributed by atoms with Gasteiger partial charge in [0.15, 0.2) is 0 Å². The number of carbonyl (C=O) groups excluding carboxylic acids is 1. The van der Waals surface area contributed by atoms with Crippen LogP contribution in [0.2, 0.25) is 5.02 Å². The molecule has 1 atom stereocenters. The van der Waals surface area contributed by atoms with Crippen LogP contribution < -0.4 is 5.32 Å². The lowest BCUT2D eigenvalue weighted by molar-refractivity contribution is -0.139. The Morgan fingerprint density at radius 3 is 2.27 bits per heavy atom. The maximum absolute atomic E-state index is 13.7. The molecule has 3 aromatic carbocycles. The zero-order valence-corrected chi connectivity index (χ0v) is 19.4. The fraction of sp³-hybridized carbons (Fsp3) is 0.222. The molecule has 0 aliphatic carbocycles. The third-order valence-corrected chi connectivity index (χ3v) is 5.54. The van der Waals surface area contributed by atoms with Gasteiger partial charge in [0.05, 0.1) is 5.92 Å². The minimum absolute atomic E-state index is 0.0903. The molecule has 0 spiro atoms. The van der Waals surface area contributed by atoms with E-state index >= 15 is 0 Å². The highest BCUT2D eigenvalue weighted by Crippen LogP contribution is 2.37. The number of amides is 1. The molecule has 1 N–H and O–H groups in total. The standard InChI is InChI=1S/C27H25ClF3NO/c1-17-4-6-21(7-5-17)16-32-26(33)24-10-8-20(14-19(24)3)9-11-25(27(29,30)31)22-12-18(2)13-23(28)15-22/h4-15,25H,16H2,1-3H3,(H,32,33)/b11-9+. The summed E-state index contributed by atoms with van der Waals surface area (Å²) >= 11 is 5.97. The van der Waals surface area contributed by atoms with Crippen molar-refractivity contribution >= 4 is 23.6 Å². The van der Waals surface area contributed by atoms with E-state index in [4.69, 9.17) is 11.6 Å². The van der Waals surface area contributed by atoms with E-state index in [-0.39, 0.29) is 16.5 Å². The minimum atomic E-state index is -4.46. The summed E-state index contributed by atoms with van der Waals surface area (Å²) in [6.07, 6.45) is -1.91. The molecule has 0 bridgehead atoms. The summed E-state index contributed by atoms with van der Waals surface area (Å²) in [5.74, 6) is -2.01. The molecule has 172 valence electrons. The second kappa shape index (κ2) is 10.3. The molecule has 0 radical (unpaired) electrons. The Morgan fingerprint density at radius 1 is 0.970 bits per heavy atom. The molecular formula is C27H25ClF3NO. The summed E-state index contributed by atoms with van der Waals surface area (Å²) in [4.78, 5) is 12.6.